The van der Waals surface area contributed by atoms with Gasteiger partial charge in [0.25, 0.3) is 0 Å². The van der Waals surface area contributed by atoms with E-state index in [0.29, 0.717) is 35.2 Å². The Morgan fingerprint density at radius 2 is 1.71 bits per heavy atom. The summed E-state index contributed by atoms with van der Waals surface area (Å²) in [5.74, 6) is 1.11. The minimum Gasteiger partial charge on any atom is -0.370 e. The zero-order valence-electron chi connectivity index (χ0n) is 21.5. The molecule has 0 radical (unpaired) electrons. The van der Waals surface area contributed by atoms with Gasteiger partial charge in [0.1, 0.15) is 29.3 Å². The van der Waals surface area contributed by atoms with Gasteiger partial charge in [0.15, 0.2) is 0 Å². The summed E-state index contributed by atoms with van der Waals surface area (Å²) >= 11 is 0. The van der Waals surface area contributed by atoms with E-state index in [-0.39, 0.29) is 5.69 Å². The fourth-order valence-electron chi connectivity index (χ4n) is 4.49. The van der Waals surface area contributed by atoms with Gasteiger partial charge < -0.3 is 16.0 Å². The van der Waals surface area contributed by atoms with E-state index in [9.17, 15) is 13.2 Å². The Labute approximate surface area is 231 Å². The highest BCUT2D eigenvalue weighted by atomic mass is 19.4. The van der Waals surface area contributed by atoms with E-state index in [1.165, 1.54) is 18.5 Å². The molecule has 0 saturated heterocycles. The third-order valence-electron chi connectivity index (χ3n) is 6.32. The van der Waals surface area contributed by atoms with Crippen molar-refractivity contribution in [2.45, 2.75) is 19.8 Å². The minimum atomic E-state index is -4.81. The average Bonchev–Trinajstić information content (AvgIpc) is 2.97. The SMILES string of the molecule is Cc1ccc2c(Nc3cccc(NOC(F)(F)F)c3)nccc2c1Nc1ncccc1-c1ncnc2c1N=CNC2. The lowest BCUT2D eigenvalue weighted by molar-refractivity contribution is -0.311. The van der Waals surface area contributed by atoms with E-state index in [1.54, 1.807) is 30.9 Å². The first kappa shape index (κ1) is 26.0. The largest absolute Gasteiger partial charge is 0.543 e. The fourth-order valence-corrected chi connectivity index (χ4v) is 4.49. The van der Waals surface area contributed by atoms with Crippen LogP contribution < -0.4 is 21.4 Å². The topological polar surface area (TPSA) is 121 Å². The number of fused-ring (bicyclic) bond motifs is 2. The first-order valence-electron chi connectivity index (χ1n) is 12.4. The van der Waals surface area contributed by atoms with Crippen molar-refractivity contribution < 1.29 is 18.0 Å². The Morgan fingerprint density at radius 1 is 0.854 bits per heavy atom. The fraction of sp³-hybridized carbons (Fsp3) is 0.107. The highest BCUT2D eigenvalue weighted by molar-refractivity contribution is 6.03. The number of rotatable bonds is 7. The first-order chi connectivity index (χ1) is 19.9. The van der Waals surface area contributed by atoms with Crippen LogP contribution in [0.15, 0.2) is 78.3 Å². The summed E-state index contributed by atoms with van der Waals surface area (Å²) in [5, 5.41) is 11.4. The quantitative estimate of drug-likeness (QED) is 0.166. The van der Waals surface area contributed by atoms with E-state index in [4.69, 9.17) is 0 Å². The summed E-state index contributed by atoms with van der Waals surface area (Å²) in [6.07, 6.45) is 1.69. The van der Waals surface area contributed by atoms with Crippen LogP contribution >= 0.6 is 0 Å². The Balaban J connectivity index is 1.35. The number of benzene rings is 2. The van der Waals surface area contributed by atoms with Gasteiger partial charge in [0.05, 0.1) is 30.0 Å². The molecule has 5 aromatic rings. The van der Waals surface area contributed by atoms with Crippen molar-refractivity contribution in [1.29, 1.82) is 0 Å². The summed E-state index contributed by atoms with van der Waals surface area (Å²) in [5.41, 5.74) is 7.23. The number of hydrogen-bond acceptors (Lipinski definition) is 10. The third-order valence-corrected chi connectivity index (χ3v) is 6.32. The molecular weight excluding hydrogens is 535 g/mol. The van der Waals surface area contributed by atoms with Crippen molar-refractivity contribution in [1.82, 2.24) is 25.3 Å². The molecule has 0 saturated carbocycles. The van der Waals surface area contributed by atoms with Crippen molar-refractivity contribution in [3.8, 4) is 11.3 Å². The van der Waals surface area contributed by atoms with E-state index >= 15 is 0 Å². The number of alkyl halides is 3. The number of anilines is 5. The van der Waals surface area contributed by atoms with Gasteiger partial charge >= 0.3 is 6.36 Å². The molecule has 1 aliphatic heterocycles. The molecular formula is C28H22F3N9O. The number of nitrogens with zero attached hydrogens (tertiary/aromatic N) is 5. The zero-order valence-corrected chi connectivity index (χ0v) is 21.5. The molecule has 206 valence electrons. The number of aromatic nitrogens is 4. The van der Waals surface area contributed by atoms with Gasteiger partial charge in [-0.05, 0) is 48.9 Å². The maximum Gasteiger partial charge on any atom is 0.543 e. The maximum absolute atomic E-state index is 12.5. The zero-order chi connectivity index (χ0) is 28.4. The van der Waals surface area contributed by atoms with Crippen molar-refractivity contribution in [2.75, 3.05) is 16.1 Å². The molecule has 0 unspecified atom stereocenters. The molecule has 6 rings (SSSR count). The van der Waals surface area contributed by atoms with Crippen LogP contribution in [-0.2, 0) is 11.4 Å². The summed E-state index contributed by atoms with van der Waals surface area (Å²) < 4.78 is 37.4. The van der Waals surface area contributed by atoms with Gasteiger partial charge in [0, 0.05) is 34.4 Å². The van der Waals surface area contributed by atoms with Gasteiger partial charge in [-0.1, -0.05) is 18.2 Å². The van der Waals surface area contributed by atoms with Crippen molar-refractivity contribution in [3.05, 3.63) is 84.6 Å². The molecule has 4 N–H and O–H groups in total. The summed E-state index contributed by atoms with van der Waals surface area (Å²) in [6, 6.07) is 15.8. The Hall–Kier alpha value is -5.30. The van der Waals surface area contributed by atoms with E-state index in [0.717, 1.165) is 33.3 Å². The molecule has 4 heterocycles. The van der Waals surface area contributed by atoms with Crippen LogP contribution in [0.3, 0.4) is 0 Å². The van der Waals surface area contributed by atoms with Crippen LogP contribution in [-0.4, -0.2) is 32.6 Å². The number of aliphatic imine (C=N–C) groups is 1. The molecule has 10 nitrogen and oxygen atoms in total. The Kier molecular flexibility index (Phi) is 6.77. The van der Waals surface area contributed by atoms with E-state index in [2.05, 4.69) is 45.7 Å². The molecule has 0 amide bonds. The van der Waals surface area contributed by atoms with Crippen LogP contribution in [0.1, 0.15) is 11.3 Å². The number of aryl methyl sites for hydroxylation is 1. The van der Waals surface area contributed by atoms with Crippen molar-refractivity contribution >= 4 is 51.5 Å². The molecule has 0 fully saturated rings. The molecule has 0 aliphatic carbocycles. The van der Waals surface area contributed by atoms with Crippen LogP contribution in [0.2, 0.25) is 0 Å². The van der Waals surface area contributed by atoms with Crippen LogP contribution in [0, 0.1) is 6.92 Å². The maximum atomic E-state index is 12.5. The average molecular weight is 558 g/mol. The van der Waals surface area contributed by atoms with Gasteiger partial charge in [-0.3, -0.25) is 5.48 Å². The van der Waals surface area contributed by atoms with Gasteiger partial charge in [-0.25, -0.2) is 24.9 Å². The molecule has 2 aromatic carbocycles. The third kappa shape index (κ3) is 5.56. The normalized spacial score (nSPS) is 12.5. The smallest absolute Gasteiger partial charge is 0.370 e. The van der Waals surface area contributed by atoms with Crippen LogP contribution in [0.4, 0.5) is 47.6 Å². The van der Waals surface area contributed by atoms with Crippen molar-refractivity contribution in [2.24, 2.45) is 4.99 Å². The van der Waals surface area contributed by atoms with Gasteiger partial charge in [-0.2, -0.15) is 4.84 Å². The van der Waals surface area contributed by atoms with Crippen molar-refractivity contribution in [3.63, 3.8) is 0 Å². The molecule has 0 bridgehead atoms. The lowest BCUT2D eigenvalue weighted by Crippen LogP contribution is -2.17. The molecule has 0 spiro atoms. The lowest BCUT2D eigenvalue weighted by atomic mass is 10.0. The molecule has 41 heavy (non-hydrogen) atoms. The standard InChI is InChI=1S/C28H22F3N9O/c1-16-7-8-20-19(9-11-34-26(20)38-17-4-2-5-18(12-17)40-41-28(29,30)31)23(16)39-27-21(6-3-10-33-27)24-25-22(35-15-37-24)13-32-14-36-25/h2-12,14-15,40H,13H2,1H3,(H,32,36)(H,33,39)(H,34,38). The minimum absolute atomic E-state index is 0.125. The Bertz CT molecular complexity index is 1780. The van der Waals surface area contributed by atoms with Gasteiger partial charge in [0.2, 0.25) is 0 Å². The monoisotopic (exact) mass is 557 g/mol. The second kappa shape index (κ2) is 10.7. The van der Waals surface area contributed by atoms with E-state index in [1.807, 2.05) is 42.7 Å². The number of pyridine rings is 2. The lowest BCUT2D eigenvalue weighted by Gasteiger charge is -2.18. The molecule has 0 atom stereocenters. The summed E-state index contributed by atoms with van der Waals surface area (Å²) in [6.45, 7) is 2.53. The highest BCUT2D eigenvalue weighted by Crippen LogP contribution is 2.38. The van der Waals surface area contributed by atoms with Crippen LogP contribution in [0.5, 0.6) is 0 Å². The second-order valence-electron chi connectivity index (χ2n) is 9.05. The predicted molar refractivity (Wildman–Crippen MR) is 151 cm³/mol. The molecule has 3 aromatic heterocycles. The second-order valence-corrected chi connectivity index (χ2v) is 9.05. The predicted octanol–water partition coefficient (Wildman–Crippen LogP) is 6.51. The molecule has 1 aliphatic rings. The summed E-state index contributed by atoms with van der Waals surface area (Å²) in [7, 11) is 0. The highest BCUT2D eigenvalue weighted by Gasteiger charge is 2.30. The molecule has 13 heteroatoms. The first-order valence-corrected chi connectivity index (χ1v) is 12.4. The van der Waals surface area contributed by atoms with Crippen LogP contribution in [0.25, 0.3) is 22.0 Å². The summed E-state index contributed by atoms with van der Waals surface area (Å²) in [4.78, 5) is 26.1. The number of halogens is 3. The number of hydrogen-bond donors (Lipinski definition) is 4. The van der Waals surface area contributed by atoms with Gasteiger partial charge in [-0.15, -0.1) is 13.2 Å². The Morgan fingerprint density at radius 3 is 2.59 bits per heavy atom. The number of nitrogens with one attached hydrogen (secondary N) is 4. The van der Waals surface area contributed by atoms with E-state index < -0.39 is 6.36 Å².